The number of para-hydroxylation sites is 1. The lowest BCUT2D eigenvalue weighted by atomic mass is 10.1. The summed E-state index contributed by atoms with van der Waals surface area (Å²) in [5, 5.41) is 4.05. The highest BCUT2D eigenvalue weighted by Gasteiger charge is 2.23. The van der Waals surface area contributed by atoms with Crippen LogP contribution in [0.3, 0.4) is 0 Å². The van der Waals surface area contributed by atoms with E-state index in [1.54, 1.807) is 18.6 Å². The lowest BCUT2D eigenvalue weighted by Crippen LogP contribution is -2.26. The fourth-order valence-corrected chi connectivity index (χ4v) is 3.98. The summed E-state index contributed by atoms with van der Waals surface area (Å²) >= 11 is 0. The first-order chi connectivity index (χ1) is 11.0. The predicted octanol–water partition coefficient (Wildman–Crippen LogP) is 1.44. The summed E-state index contributed by atoms with van der Waals surface area (Å²) in [6, 6.07) is 7.73. The molecule has 7 heteroatoms. The van der Waals surface area contributed by atoms with Crippen LogP contribution >= 0.6 is 0 Å². The minimum absolute atomic E-state index is 0.0199. The second-order valence-electron chi connectivity index (χ2n) is 5.50. The molecule has 1 amide bonds. The molecule has 1 atom stereocenters. The van der Waals surface area contributed by atoms with Crippen LogP contribution in [0.25, 0.3) is 5.69 Å². The maximum Gasteiger partial charge on any atom is 0.220 e. The average molecular weight is 331 g/mol. The smallest absolute Gasteiger partial charge is 0.220 e. The molecule has 0 saturated heterocycles. The molecule has 1 aliphatic rings. The summed E-state index contributed by atoms with van der Waals surface area (Å²) in [7, 11) is -3.12. The summed E-state index contributed by atoms with van der Waals surface area (Å²) in [5.41, 5.74) is 1.92. The van der Waals surface area contributed by atoms with Gasteiger partial charge in [0.2, 0.25) is 5.91 Å². The molecule has 0 unspecified atom stereocenters. The number of aromatic nitrogens is 2. The van der Waals surface area contributed by atoms with Gasteiger partial charge in [0.25, 0.3) is 0 Å². The maximum atomic E-state index is 12.0. The molecule has 0 fully saturated rings. The van der Waals surface area contributed by atoms with Crippen molar-refractivity contribution in [1.29, 1.82) is 0 Å². The van der Waals surface area contributed by atoms with E-state index in [9.17, 15) is 13.2 Å². The molecule has 1 aromatic carbocycles. The van der Waals surface area contributed by atoms with Crippen LogP contribution in [-0.4, -0.2) is 29.6 Å². The van der Waals surface area contributed by atoms with Gasteiger partial charge in [0.05, 0.1) is 17.8 Å². The van der Waals surface area contributed by atoms with E-state index in [0.29, 0.717) is 6.54 Å². The Balaban J connectivity index is 1.61. The Hall–Kier alpha value is -2.41. The fraction of sp³-hybridized carbons (Fsp3) is 0.250. The van der Waals surface area contributed by atoms with E-state index in [1.165, 1.54) is 5.41 Å². The van der Waals surface area contributed by atoms with Crippen molar-refractivity contribution < 1.29 is 13.2 Å². The highest BCUT2D eigenvalue weighted by Crippen LogP contribution is 2.18. The van der Waals surface area contributed by atoms with Crippen molar-refractivity contribution in [2.75, 3.05) is 5.75 Å². The van der Waals surface area contributed by atoms with Crippen molar-refractivity contribution in [3.05, 3.63) is 60.0 Å². The second kappa shape index (κ2) is 6.37. The molecule has 0 bridgehead atoms. The van der Waals surface area contributed by atoms with E-state index < -0.39 is 9.84 Å². The topological polar surface area (TPSA) is 81.1 Å². The van der Waals surface area contributed by atoms with Crippen molar-refractivity contribution in [3.63, 3.8) is 0 Å². The number of benzene rings is 1. The monoisotopic (exact) mass is 331 g/mol. The van der Waals surface area contributed by atoms with Gasteiger partial charge in [-0.3, -0.25) is 4.79 Å². The third-order valence-electron chi connectivity index (χ3n) is 3.70. The average Bonchev–Trinajstić information content (AvgIpc) is 3.15. The number of nitrogens with zero attached hydrogens (tertiary/aromatic N) is 2. The summed E-state index contributed by atoms with van der Waals surface area (Å²) in [6.07, 6.45) is 7.02. The highest BCUT2D eigenvalue weighted by atomic mass is 32.2. The quantitative estimate of drug-likeness (QED) is 0.899. The standard InChI is InChI=1S/C16H17N3O3S/c20-16(9-13-5-8-23(21,22)11-13)18-10-14-3-1-2-4-15(14)19-7-6-17-12-19/h1-8,12-13H,9-11H2,(H,18,20)/t13-/m0/s1. The third-order valence-corrected chi connectivity index (χ3v) is 5.17. The van der Waals surface area contributed by atoms with E-state index in [1.807, 2.05) is 35.0 Å². The van der Waals surface area contributed by atoms with Gasteiger partial charge >= 0.3 is 0 Å². The Morgan fingerprint density at radius 3 is 2.87 bits per heavy atom. The summed E-state index contributed by atoms with van der Waals surface area (Å²) < 4.78 is 24.6. The minimum Gasteiger partial charge on any atom is -0.352 e. The van der Waals surface area contributed by atoms with Crippen LogP contribution in [0, 0.1) is 5.92 Å². The predicted molar refractivity (Wildman–Crippen MR) is 86.4 cm³/mol. The van der Waals surface area contributed by atoms with Gasteiger partial charge in [-0.1, -0.05) is 24.3 Å². The third kappa shape index (κ3) is 3.87. The van der Waals surface area contributed by atoms with E-state index in [2.05, 4.69) is 10.3 Å². The minimum atomic E-state index is -3.12. The summed E-state index contributed by atoms with van der Waals surface area (Å²) in [6.45, 7) is 0.385. The highest BCUT2D eigenvalue weighted by molar-refractivity contribution is 7.94. The number of carbonyl (C=O) groups is 1. The molecular formula is C16H17N3O3S. The Bertz CT molecular complexity index is 826. The molecule has 6 nitrogen and oxygen atoms in total. The van der Waals surface area contributed by atoms with Crippen molar-refractivity contribution in [2.45, 2.75) is 13.0 Å². The molecule has 1 N–H and O–H groups in total. The zero-order valence-corrected chi connectivity index (χ0v) is 13.2. The summed E-state index contributed by atoms with van der Waals surface area (Å²) in [4.78, 5) is 16.1. The molecule has 3 rings (SSSR count). The number of amides is 1. The number of imidazole rings is 1. The zero-order valence-electron chi connectivity index (χ0n) is 12.4. The Labute approximate surface area is 134 Å². The van der Waals surface area contributed by atoms with Crippen molar-refractivity contribution in [2.24, 2.45) is 5.92 Å². The van der Waals surface area contributed by atoms with Crippen LogP contribution in [0.5, 0.6) is 0 Å². The van der Waals surface area contributed by atoms with Crippen LogP contribution in [0.4, 0.5) is 0 Å². The van der Waals surface area contributed by atoms with Gasteiger partial charge in [-0.25, -0.2) is 13.4 Å². The first-order valence-electron chi connectivity index (χ1n) is 7.27. The van der Waals surface area contributed by atoms with Crippen LogP contribution in [0.2, 0.25) is 0 Å². The number of rotatable bonds is 5. The van der Waals surface area contributed by atoms with Crippen molar-refractivity contribution in [1.82, 2.24) is 14.9 Å². The van der Waals surface area contributed by atoms with Crippen LogP contribution < -0.4 is 5.32 Å². The largest absolute Gasteiger partial charge is 0.352 e. The normalized spacial score (nSPS) is 18.9. The second-order valence-corrected chi connectivity index (χ2v) is 7.43. The van der Waals surface area contributed by atoms with Gasteiger partial charge in [-0.2, -0.15) is 0 Å². The van der Waals surface area contributed by atoms with Crippen LogP contribution in [0.15, 0.2) is 54.5 Å². The molecule has 1 aliphatic heterocycles. The molecule has 0 spiro atoms. The Morgan fingerprint density at radius 2 is 2.17 bits per heavy atom. The number of hydrogen-bond donors (Lipinski definition) is 1. The van der Waals surface area contributed by atoms with Crippen LogP contribution in [0.1, 0.15) is 12.0 Å². The number of sulfone groups is 1. The molecule has 2 aromatic rings. The van der Waals surface area contributed by atoms with E-state index in [0.717, 1.165) is 11.3 Å². The van der Waals surface area contributed by atoms with E-state index in [-0.39, 0.29) is 24.0 Å². The number of hydrogen-bond acceptors (Lipinski definition) is 4. The van der Waals surface area contributed by atoms with Gasteiger partial charge in [0.15, 0.2) is 9.84 Å². The molecule has 120 valence electrons. The molecule has 0 saturated carbocycles. The SMILES string of the molecule is O=C(C[C@@H]1C=CS(=O)(=O)C1)NCc1ccccc1-n1ccnc1. The first kappa shape index (κ1) is 15.5. The van der Waals surface area contributed by atoms with Crippen molar-refractivity contribution in [3.8, 4) is 5.69 Å². The van der Waals surface area contributed by atoms with Gasteiger partial charge in [-0.15, -0.1) is 0 Å². The molecular weight excluding hydrogens is 314 g/mol. The number of allylic oxidation sites excluding steroid dienone is 1. The van der Waals surface area contributed by atoms with Gasteiger partial charge in [-0.05, 0) is 11.6 Å². The Morgan fingerprint density at radius 1 is 1.35 bits per heavy atom. The lowest BCUT2D eigenvalue weighted by Gasteiger charge is -2.12. The molecule has 0 radical (unpaired) electrons. The molecule has 0 aliphatic carbocycles. The van der Waals surface area contributed by atoms with E-state index >= 15 is 0 Å². The lowest BCUT2D eigenvalue weighted by molar-refractivity contribution is -0.121. The zero-order chi connectivity index (χ0) is 16.3. The molecule has 2 heterocycles. The number of carbonyl (C=O) groups excluding carboxylic acids is 1. The van der Waals surface area contributed by atoms with Gasteiger partial charge in [0.1, 0.15) is 0 Å². The molecule has 23 heavy (non-hydrogen) atoms. The number of nitrogens with one attached hydrogen (secondary N) is 1. The summed E-state index contributed by atoms with van der Waals surface area (Å²) in [5.74, 6) is -0.368. The first-order valence-corrected chi connectivity index (χ1v) is 8.99. The van der Waals surface area contributed by atoms with Gasteiger partial charge in [0, 0.05) is 36.7 Å². The van der Waals surface area contributed by atoms with Crippen molar-refractivity contribution >= 4 is 15.7 Å². The fourth-order valence-electron chi connectivity index (χ4n) is 2.59. The van der Waals surface area contributed by atoms with E-state index in [4.69, 9.17) is 0 Å². The Kier molecular flexibility index (Phi) is 4.29. The van der Waals surface area contributed by atoms with Crippen LogP contribution in [-0.2, 0) is 21.2 Å². The van der Waals surface area contributed by atoms with Gasteiger partial charge < -0.3 is 9.88 Å². The maximum absolute atomic E-state index is 12.0. The molecule has 1 aromatic heterocycles.